The van der Waals surface area contributed by atoms with E-state index in [0.29, 0.717) is 11.4 Å². The van der Waals surface area contributed by atoms with Crippen LogP contribution in [-0.4, -0.2) is 21.1 Å². The average Bonchev–Trinajstić information content (AvgIpc) is 2.42. The molecule has 0 unspecified atom stereocenters. The van der Waals surface area contributed by atoms with Gasteiger partial charge >= 0.3 is 0 Å². The third-order valence-electron chi connectivity index (χ3n) is 2.17. The zero-order chi connectivity index (χ0) is 13.7. The molecule has 0 N–H and O–H groups in total. The number of rotatable bonds is 3. The molecule has 0 aliphatic carbocycles. The molecule has 0 saturated carbocycles. The van der Waals surface area contributed by atoms with Gasteiger partial charge in [-0.3, -0.25) is 9.78 Å². The molecule has 2 aromatic heterocycles. The number of amides is 1. The van der Waals surface area contributed by atoms with Crippen LogP contribution in [0.2, 0.25) is 0 Å². The highest BCUT2D eigenvalue weighted by Gasteiger charge is 2.07. The average molecular weight is 256 g/mol. The summed E-state index contributed by atoms with van der Waals surface area (Å²) < 4.78 is 5.45. The molecule has 0 fully saturated rings. The number of nitrogens with zero attached hydrogens (tertiary/aromatic N) is 6. The molecule has 0 radical (unpaired) electrons. The van der Waals surface area contributed by atoms with E-state index in [1.165, 1.54) is 12.1 Å². The molecule has 0 aliphatic heterocycles. The summed E-state index contributed by atoms with van der Waals surface area (Å²) in [4.78, 5) is 17.6. The van der Waals surface area contributed by atoms with Crippen molar-refractivity contribution in [1.29, 1.82) is 0 Å². The molecule has 94 valence electrons. The van der Waals surface area contributed by atoms with Crippen LogP contribution in [0.3, 0.4) is 0 Å². The van der Waals surface area contributed by atoms with Gasteiger partial charge in [-0.2, -0.15) is 0 Å². The summed E-state index contributed by atoms with van der Waals surface area (Å²) in [7, 11) is 0. The van der Waals surface area contributed by atoms with Crippen molar-refractivity contribution < 1.29 is 9.53 Å². The fourth-order valence-corrected chi connectivity index (χ4v) is 1.27. The van der Waals surface area contributed by atoms with E-state index in [2.05, 4.69) is 25.2 Å². The van der Waals surface area contributed by atoms with Crippen LogP contribution < -0.4 is 4.74 Å². The van der Waals surface area contributed by atoms with E-state index in [0.717, 1.165) is 0 Å². The number of pyridine rings is 1. The smallest absolute Gasteiger partial charge is 0.269 e. The lowest BCUT2D eigenvalue weighted by molar-refractivity contribution is 0.0994. The van der Waals surface area contributed by atoms with E-state index in [-0.39, 0.29) is 11.6 Å². The molecular weight excluding hydrogens is 248 g/mol. The Morgan fingerprint density at radius 1 is 1.37 bits per heavy atom. The van der Waals surface area contributed by atoms with Crippen molar-refractivity contribution in [1.82, 2.24) is 15.2 Å². The third kappa shape index (κ3) is 3.02. The van der Waals surface area contributed by atoms with E-state index < -0.39 is 5.91 Å². The summed E-state index contributed by atoms with van der Waals surface area (Å²) >= 11 is 0. The van der Waals surface area contributed by atoms with Gasteiger partial charge in [-0.1, -0.05) is 0 Å². The number of ether oxygens (including phenoxy) is 1. The Morgan fingerprint density at radius 2 is 2.21 bits per heavy atom. The van der Waals surface area contributed by atoms with Crippen LogP contribution in [-0.2, 0) is 0 Å². The maximum absolute atomic E-state index is 11.2. The molecule has 2 aromatic rings. The van der Waals surface area contributed by atoms with E-state index in [4.69, 9.17) is 10.3 Å². The summed E-state index contributed by atoms with van der Waals surface area (Å²) in [5.74, 6) is -0.0291. The molecule has 19 heavy (non-hydrogen) atoms. The first-order valence-electron chi connectivity index (χ1n) is 5.23. The highest BCUT2D eigenvalue weighted by Crippen LogP contribution is 2.20. The van der Waals surface area contributed by atoms with Gasteiger partial charge in [0.05, 0.1) is 5.69 Å². The summed E-state index contributed by atoms with van der Waals surface area (Å²) in [5, 5.41) is 10.2. The molecule has 0 aliphatic rings. The van der Waals surface area contributed by atoms with Gasteiger partial charge in [-0.15, -0.1) is 10.2 Å². The second-order valence-electron chi connectivity index (χ2n) is 3.44. The normalized spacial score (nSPS) is 9.53. The molecule has 0 spiro atoms. The van der Waals surface area contributed by atoms with Crippen molar-refractivity contribution in [3.8, 4) is 11.6 Å². The lowest BCUT2D eigenvalue weighted by atomic mass is 10.3. The third-order valence-corrected chi connectivity index (χ3v) is 2.17. The van der Waals surface area contributed by atoms with Crippen molar-refractivity contribution >= 4 is 5.91 Å². The van der Waals surface area contributed by atoms with Gasteiger partial charge in [0.15, 0.2) is 5.75 Å². The Bertz CT molecular complexity index is 648. The molecule has 2 rings (SSSR count). The number of aromatic nitrogens is 3. The Kier molecular flexibility index (Phi) is 3.65. The predicted molar refractivity (Wildman–Crippen MR) is 64.6 cm³/mol. The number of carbonyl (C=O) groups excluding carboxylic acids is 1. The van der Waals surface area contributed by atoms with E-state index in [1.54, 1.807) is 25.3 Å². The Morgan fingerprint density at radius 3 is 2.84 bits per heavy atom. The van der Waals surface area contributed by atoms with Gasteiger partial charge in [0, 0.05) is 17.2 Å². The first-order chi connectivity index (χ1) is 9.20. The lowest BCUT2D eigenvalue weighted by Gasteiger charge is -2.05. The predicted octanol–water partition coefficient (Wildman–Crippen LogP) is 2.42. The highest BCUT2D eigenvalue weighted by molar-refractivity contribution is 5.92. The quantitative estimate of drug-likeness (QED) is 0.475. The SMILES string of the molecule is Cc1ncccc1Oc1ccc(C(=O)N=[N+]=[N-])nn1. The zero-order valence-corrected chi connectivity index (χ0v) is 9.89. The molecule has 0 saturated heterocycles. The highest BCUT2D eigenvalue weighted by atomic mass is 16.5. The molecule has 0 aromatic carbocycles. The Balaban J connectivity index is 2.18. The number of hydrogen-bond donors (Lipinski definition) is 0. The Hall–Kier alpha value is -2.99. The van der Waals surface area contributed by atoms with Crippen molar-refractivity contribution in [3.05, 3.63) is 52.3 Å². The molecule has 2 heterocycles. The number of aryl methyl sites for hydroxylation is 1. The van der Waals surface area contributed by atoms with E-state index >= 15 is 0 Å². The van der Waals surface area contributed by atoms with Crippen LogP contribution in [0.1, 0.15) is 16.2 Å². The minimum Gasteiger partial charge on any atom is -0.436 e. The van der Waals surface area contributed by atoms with Crippen LogP contribution in [0.4, 0.5) is 0 Å². The van der Waals surface area contributed by atoms with Gasteiger partial charge in [0.25, 0.3) is 5.91 Å². The van der Waals surface area contributed by atoms with Gasteiger partial charge in [0.1, 0.15) is 5.69 Å². The summed E-state index contributed by atoms with van der Waals surface area (Å²) in [6.45, 7) is 1.79. The summed E-state index contributed by atoms with van der Waals surface area (Å²) in [5.41, 5.74) is 8.79. The van der Waals surface area contributed by atoms with Crippen molar-refractivity contribution in [2.24, 2.45) is 5.11 Å². The monoisotopic (exact) mass is 256 g/mol. The zero-order valence-electron chi connectivity index (χ0n) is 9.89. The van der Waals surface area contributed by atoms with E-state index in [1.807, 2.05) is 0 Å². The standard InChI is InChI=1S/C11H8N6O2/c1-7-9(3-2-6-13-7)19-10-5-4-8(14-15-10)11(18)16-17-12/h2-6H,1H3. The maximum atomic E-state index is 11.2. The van der Waals surface area contributed by atoms with Crippen LogP contribution >= 0.6 is 0 Å². The van der Waals surface area contributed by atoms with Crippen LogP contribution in [0.5, 0.6) is 11.6 Å². The molecule has 0 bridgehead atoms. The minimum absolute atomic E-state index is 0.0481. The molecular formula is C11H8N6O2. The maximum Gasteiger partial charge on any atom is 0.269 e. The van der Waals surface area contributed by atoms with Crippen molar-refractivity contribution in [2.75, 3.05) is 0 Å². The number of carbonyl (C=O) groups is 1. The van der Waals surface area contributed by atoms with E-state index in [9.17, 15) is 4.79 Å². The van der Waals surface area contributed by atoms with Crippen molar-refractivity contribution in [3.63, 3.8) is 0 Å². The Labute approximate surface area is 107 Å². The van der Waals surface area contributed by atoms with Gasteiger partial charge in [0.2, 0.25) is 5.88 Å². The largest absolute Gasteiger partial charge is 0.436 e. The minimum atomic E-state index is -0.792. The molecule has 0 atom stereocenters. The first-order valence-corrected chi connectivity index (χ1v) is 5.23. The topological polar surface area (TPSA) is 114 Å². The first kappa shape index (κ1) is 12.5. The summed E-state index contributed by atoms with van der Waals surface area (Å²) in [6, 6.07) is 6.29. The second-order valence-corrected chi connectivity index (χ2v) is 3.44. The van der Waals surface area contributed by atoms with Crippen LogP contribution in [0.25, 0.3) is 10.4 Å². The van der Waals surface area contributed by atoms with Crippen molar-refractivity contribution in [2.45, 2.75) is 6.92 Å². The fraction of sp³-hybridized carbons (Fsp3) is 0.0909. The van der Waals surface area contributed by atoms with Crippen LogP contribution in [0.15, 0.2) is 35.6 Å². The summed E-state index contributed by atoms with van der Waals surface area (Å²) in [6.07, 6.45) is 1.65. The van der Waals surface area contributed by atoms with Crippen LogP contribution in [0, 0.1) is 6.92 Å². The fourth-order valence-electron chi connectivity index (χ4n) is 1.27. The molecule has 1 amide bonds. The second kappa shape index (κ2) is 5.56. The van der Waals surface area contributed by atoms with Gasteiger partial charge < -0.3 is 4.74 Å². The number of hydrogen-bond acceptors (Lipinski definition) is 5. The molecule has 8 heteroatoms. The number of azide groups is 1. The van der Waals surface area contributed by atoms with Gasteiger partial charge in [-0.05, 0) is 35.8 Å². The molecule has 8 nitrogen and oxygen atoms in total. The lowest BCUT2D eigenvalue weighted by Crippen LogP contribution is -2.01. The van der Waals surface area contributed by atoms with Gasteiger partial charge in [-0.25, -0.2) is 0 Å².